The van der Waals surface area contributed by atoms with E-state index in [0.29, 0.717) is 9.52 Å². The van der Waals surface area contributed by atoms with Crippen molar-refractivity contribution in [2.24, 2.45) is 0 Å². The molecule has 3 heterocycles. The van der Waals surface area contributed by atoms with Gasteiger partial charge in [-0.3, -0.25) is 0 Å². The molecule has 192 valence electrons. The molecule has 8 aromatic rings. The van der Waals surface area contributed by atoms with Gasteiger partial charge in [-0.15, -0.1) is 11.3 Å². The Bertz CT molecular complexity index is 2320. The summed E-state index contributed by atoms with van der Waals surface area (Å²) in [5.74, 6) is 0. The summed E-state index contributed by atoms with van der Waals surface area (Å²) in [6.45, 7) is 2.31. The lowest BCUT2D eigenvalue weighted by molar-refractivity contribution is 0.733. The fraction of sp³-hybridized carbons (Fsp3) is 0.0526. The molecule has 3 heteroatoms. The maximum atomic E-state index is 2.52. The van der Waals surface area contributed by atoms with Crippen molar-refractivity contribution in [3.8, 4) is 5.69 Å². The van der Waals surface area contributed by atoms with Crippen molar-refractivity contribution in [2.45, 2.75) is 12.0 Å². The summed E-state index contributed by atoms with van der Waals surface area (Å²) in [7, 11) is 0.688. The second-order valence-corrected chi connectivity index (χ2v) is 13.0. The van der Waals surface area contributed by atoms with E-state index >= 15 is 0 Å². The molecule has 2 aromatic heterocycles. The van der Waals surface area contributed by atoms with Crippen molar-refractivity contribution in [3.05, 3.63) is 156 Å². The first kappa shape index (κ1) is 23.3. The Hall–Kier alpha value is -4.44. The molecular weight excluding hydrogens is 531 g/mol. The molecule has 1 atom stereocenters. The maximum absolute atomic E-state index is 2.52. The lowest BCUT2D eigenvalue weighted by atomic mass is 9.63. The molecular formula is C38H25NSSi. The van der Waals surface area contributed by atoms with Crippen LogP contribution in [-0.2, 0) is 5.41 Å². The zero-order chi connectivity index (χ0) is 27.1. The third kappa shape index (κ3) is 2.95. The molecule has 0 fully saturated rings. The zero-order valence-corrected chi connectivity index (χ0v) is 24.4. The van der Waals surface area contributed by atoms with Gasteiger partial charge in [0.1, 0.15) is 0 Å². The molecule has 41 heavy (non-hydrogen) atoms. The molecule has 0 N–H and O–H groups in total. The highest BCUT2D eigenvalue weighted by molar-refractivity contribution is 7.25. The van der Waals surface area contributed by atoms with Crippen LogP contribution in [0.1, 0.15) is 22.3 Å². The fourth-order valence-electron chi connectivity index (χ4n) is 7.45. The van der Waals surface area contributed by atoms with E-state index in [4.69, 9.17) is 0 Å². The Labute approximate surface area is 245 Å². The number of nitrogens with zero attached hydrogens (tertiary/aromatic N) is 1. The molecule has 0 saturated carbocycles. The number of thiophene rings is 1. The lowest BCUT2D eigenvalue weighted by Gasteiger charge is -2.42. The van der Waals surface area contributed by atoms with Gasteiger partial charge in [0.25, 0.3) is 0 Å². The summed E-state index contributed by atoms with van der Waals surface area (Å²) < 4.78 is 5.20. The second-order valence-electron chi connectivity index (χ2n) is 10.9. The van der Waals surface area contributed by atoms with Crippen LogP contribution in [0.15, 0.2) is 133 Å². The van der Waals surface area contributed by atoms with E-state index in [1.807, 2.05) is 11.3 Å². The number of hydrogen-bond acceptors (Lipinski definition) is 1. The van der Waals surface area contributed by atoms with Gasteiger partial charge in [0.05, 0.1) is 31.7 Å². The SMILES string of the molecule is C[Si]c1ccccc1C1(c2ccc3sc4ccccc4c3c2)c2ccccc2-n2c3ccccc3c3cccc1c32. The molecule has 1 aliphatic heterocycles. The van der Waals surface area contributed by atoms with Crippen molar-refractivity contribution < 1.29 is 0 Å². The van der Waals surface area contributed by atoms with Gasteiger partial charge in [0.15, 0.2) is 0 Å². The Morgan fingerprint density at radius 2 is 1.24 bits per heavy atom. The van der Waals surface area contributed by atoms with Crippen molar-refractivity contribution in [1.82, 2.24) is 4.57 Å². The standard InChI is InChI=1S/C38H25NSSi/c1-41-36-20-9-5-15-30(36)38(24-21-22-35-28(23-24)26-12-3-8-19-34(26)40-35)29-14-4-7-18-33(29)39-32-17-6-2-11-25(32)27-13-10-16-31(38)37(27)39/h2-23H,1H3. The van der Waals surface area contributed by atoms with Gasteiger partial charge in [0.2, 0.25) is 0 Å². The fourth-order valence-corrected chi connectivity index (χ4v) is 9.34. The highest BCUT2D eigenvalue weighted by Crippen LogP contribution is 2.54. The molecule has 0 saturated heterocycles. The molecule has 9 rings (SSSR count). The van der Waals surface area contributed by atoms with Crippen LogP contribution >= 0.6 is 11.3 Å². The highest BCUT2D eigenvalue weighted by atomic mass is 32.1. The summed E-state index contributed by atoms with van der Waals surface area (Å²) in [6.07, 6.45) is 0. The summed E-state index contributed by atoms with van der Waals surface area (Å²) in [5, 5.41) is 6.72. The van der Waals surface area contributed by atoms with E-state index in [1.165, 1.54) is 75.1 Å². The smallest absolute Gasteiger partial charge is 0.0777 e. The summed E-state index contributed by atoms with van der Waals surface area (Å²) in [4.78, 5) is 0. The van der Waals surface area contributed by atoms with Gasteiger partial charge in [-0.2, -0.15) is 0 Å². The number of benzene rings is 6. The molecule has 0 aliphatic carbocycles. The maximum Gasteiger partial charge on any atom is 0.0777 e. The van der Waals surface area contributed by atoms with Crippen molar-refractivity contribution in [1.29, 1.82) is 0 Å². The van der Waals surface area contributed by atoms with Crippen LogP contribution in [-0.4, -0.2) is 14.1 Å². The Morgan fingerprint density at radius 3 is 2.15 bits per heavy atom. The van der Waals surface area contributed by atoms with Crippen LogP contribution in [0.3, 0.4) is 0 Å². The predicted octanol–water partition coefficient (Wildman–Crippen LogP) is 9.23. The quantitative estimate of drug-likeness (QED) is 0.192. The minimum atomic E-state index is -0.461. The van der Waals surface area contributed by atoms with Crippen LogP contribution in [0.5, 0.6) is 0 Å². The van der Waals surface area contributed by atoms with E-state index in [9.17, 15) is 0 Å². The molecule has 2 radical (unpaired) electrons. The number of fused-ring (bicyclic) bond motifs is 8. The monoisotopic (exact) mass is 555 g/mol. The number of aromatic nitrogens is 1. The Morgan fingerprint density at radius 1 is 0.561 bits per heavy atom. The van der Waals surface area contributed by atoms with Gasteiger partial charge in [-0.25, -0.2) is 0 Å². The van der Waals surface area contributed by atoms with Crippen LogP contribution in [0, 0.1) is 0 Å². The third-order valence-corrected chi connectivity index (χ3v) is 11.2. The molecule has 1 nitrogen and oxygen atoms in total. The van der Waals surface area contributed by atoms with Gasteiger partial charge in [0, 0.05) is 30.9 Å². The van der Waals surface area contributed by atoms with Crippen LogP contribution in [0.25, 0.3) is 47.7 Å². The molecule has 6 aromatic carbocycles. The van der Waals surface area contributed by atoms with Crippen molar-refractivity contribution >= 4 is 68.0 Å². The van der Waals surface area contributed by atoms with Gasteiger partial charge in [-0.1, -0.05) is 115 Å². The molecule has 0 amide bonds. The van der Waals surface area contributed by atoms with Gasteiger partial charge < -0.3 is 4.57 Å². The summed E-state index contributed by atoms with van der Waals surface area (Å²) in [6, 6.07) is 50.2. The van der Waals surface area contributed by atoms with E-state index in [1.54, 1.807) is 0 Å². The summed E-state index contributed by atoms with van der Waals surface area (Å²) in [5.41, 5.74) is 8.80. The number of rotatable bonds is 3. The number of hydrogen-bond donors (Lipinski definition) is 0. The number of para-hydroxylation sites is 3. The minimum Gasteiger partial charge on any atom is -0.309 e. The van der Waals surface area contributed by atoms with E-state index < -0.39 is 5.41 Å². The molecule has 0 bridgehead atoms. The first-order chi connectivity index (χ1) is 20.3. The third-order valence-electron chi connectivity index (χ3n) is 9.06. The largest absolute Gasteiger partial charge is 0.309 e. The first-order valence-electron chi connectivity index (χ1n) is 14.1. The average Bonchev–Trinajstić information content (AvgIpc) is 3.58. The normalized spacial score (nSPS) is 16.1. The minimum absolute atomic E-state index is 0.461. The average molecular weight is 556 g/mol. The van der Waals surface area contributed by atoms with Crippen LogP contribution in [0.2, 0.25) is 6.55 Å². The molecule has 0 spiro atoms. The Balaban J connectivity index is 1.54. The van der Waals surface area contributed by atoms with Crippen molar-refractivity contribution in [2.75, 3.05) is 0 Å². The Kier molecular flexibility index (Phi) is 4.84. The zero-order valence-electron chi connectivity index (χ0n) is 22.6. The van der Waals surface area contributed by atoms with Gasteiger partial charge in [-0.05, 0) is 52.6 Å². The van der Waals surface area contributed by atoms with E-state index in [0.717, 1.165) is 0 Å². The highest BCUT2D eigenvalue weighted by Gasteiger charge is 2.46. The lowest BCUT2D eigenvalue weighted by Crippen LogP contribution is -2.40. The van der Waals surface area contributed by atoms with Gasteiger partial charge >= 0.3 is 0 Å². The first-order valence-corrected chi connectivity index (χ1v) is 16.4. The topological polar surface area (TPSA) is 4.93 Å². The summed E-state index contributed by atoms with van der Waals surface area (Å²) >= 11 is 1.89. The molecule has 1 unspecified atom stereocenters. The van der Waals surface area contributed by atoms with Crippen LogP contribution < -0.4 is 5.19 Å². The van der Waals surface area contributed by atoms with E-state index in [2.05, 4.69) is 145 Å². The predicted molar refractivity (Wildman–Crippen MR) is 177 cm³/mol. The van der Waals surface area contributed by atoms with E-state index in [-0.39, 0.29) is 0 Å². The molecule has 1 aliphatic rings. The van der Waals surface area contributed by atoms with Crippen LogP contribution in [0.4, 0.5) is 0 Å². The second kappa shape index (κ2) is 8.53. The van der Waals surface area contributed by atoms with Crippen molar-refractivity contribution in [3.63, 3.8) is 0 Å².